The van der Waals surface area contributed by atoms with Crippen LogP contribution in [-0.2, 0) is 18.5 Å². The SMILES string of the molecule is CN(Cc1cccs1)c1ccc2c(c1)C(N)(c1cccc(Cl)c1)CC2. The highest BCUT2D eigenvalue weighted by Gasteiger charge is 2.37. The first kappa shape index (κ1) is 16.6. The Morgan fingerprint density at radius 3 is 2.80 bits per heavy atom. The van der Waals surface area contributed by atoms with Gasteiger partial charge in [0.2, 0.25) is 0 Å². The molecule has 0 fully saturated rings. The van der Waals surface area contributed by atoms with E-state index in [-0.39, 0.29) is 0 Å². The molecule has 1 aliphatic rings. The van der Waals surface area contributed by atoms with Crippen molar-refractivity contribution in [2.45, 2.75) is 24.9 Å². The fourth-order valence-corrected chi connectivity index (χ4v) is 4.64. The van der Waals surface area contributed by atoms with Crippen LogP contribution in [0.4, 0.5) is 5.69 Å². The molecule has 0 bridgehead atoms. The van der Waals surface area contributed by atoms with E-state index < -0.39 is 5.54 Å². The van der Waals surface area contributed by atoms with Crippen LogP contribution in [0.2, 0.25) is 5.02 Å². The molecule has 4 rings (SSSR count). The first-order chi connectivity index (χ1) is 12.1. The van der Waals surface area contributed by atoms with Crippen LogP contribution in [0.3, 0.4) is 0 Å². The van der Waals surface area contributed by atoms with Crippen molar-refractivity contribution in [2.75, 3.05) is 11.9 Å². The third-order valence-electron chi connectivity index (χ3n) is 5.12. The fraction of sp³-hybridized carbons (Fsp3) is 0.238. The summed E-state index contributed by atoms with van der Waals surface area (Å²) in [7, 11) is 2.13. The molecule has 0 saturated heterocycles. The highest BCUT2D eigenvalue weighted by atomic mass is 35.5. The predicted molar refractivity (Wildman–Crippen MR) is 108 cm³/mol. The zero-order valence-corrected chi connectivity index (χ0v) is 15.8. The van der Waals surface area contributed by atoms with E-state index in [9.17, 15) is 0 Å². The Kier molecular flexibility index (Phi) is 4.32. The minimum absolute atomic E-state index is 0.458. The number of nitrogens with zero attached hydrogens (tertiary/aromatic N) is 1. The number of thiophene rings is 1. The molecule has 3 aromatic rings. The van der Waals surface area contributed by atoms with Crippen LogP contribution in [0.1, 0.15) is 28.0 Å². The van der Waals surface area contributed by atoms with E-state index in [2.05, 4.69) is 53.7 Å². The Labute approximate surface area is 157 Å². The monoisotopic (exact) mass is 368 g/mol. The van der Waals surface area contributed by atoms with Crippen molar-refractivity contribution < 1.29 is 0 Å². The van der Waals surface area contributed by atoms with Crippen LogP contribution in [-0.4, -0.2) is 7.05 Å². The molecule has 2 N–H and O–H groups in total. The summed E-state index contributed by atoms with van der Waals surface area (Å²) in [5, 5.41) is 2.86. The van der Waals surface area contributed by atoms with Crippen LogP contribution < -0.4 is 10.6 Å². The summed E-state index contributed by atoms with van der Waals surface area (Å²) in [5.74, 6) is 0. The number of aryl methyl sites for hydroxylation is 1. The molecular formula is C21H21ClN2S. The van der Waals surface area contributed by atoms with Gasteiger partial charge < -0.3 is 10.6 Å². The van der Waals surface area contributed by atoms with E-state index in [1.807, 2.05) is 18.2 Å². The summed E-state index contributed by atoms with van der Waals surface area (Å²) in [6, 6.07) is 18.9. The van der Waals surface area contributed by atoms with Gasteiger partial charge in [0.15, 0.2) is 0 Å². The van der Waals surface area contributed by atoms with Gasteiger partial charge in [-0.3, -0.25) is 0 Å². The Bertz CT molecular complexity index is 891. The largest absolute Gasteiger partial charge is 0.369 e. The topological polar surface area (TPSA) is 29.3 Å². The minimum Gasteiger partial charge on any atom is -0.369 e. The minimum atomic E-state index is -0.458. The van der Waals surface area contributed by atoms with E-state index in [1.54, 1.807) is 11.3 Å². The lowest BCUT2D eigenvalue weighted by Crippen LogP contribution is -2.35. The molecule has 4 heteroatoms. The smallest absolute Gasteiger partial charge is 0.0672 e. The predicted octanol–water partition coefficient (Wildman–Crippen LogP) is 5.19. The van der Waals surface area contributed by atoms with E-state index in [0.717, 1.165) is 30.0 Å². The third kappa shape index (κ3) is 3.08. The lowest BCUT2D eigenvalue weighted by molar-refractivity contribution is 0.535. The van der Waals surface area contributed by atoms with Crippen LogP contribution in [0.25, 0.3) is 0 Å². The Balaban J connectivity index is 1.69. The molecule has 0 radical (unpaired) electrons. The van der Waals surface area contributed by atoms with Crippen molar-refractivity contribution in [1.29, 1.82) is 0 Å². The lowest BCUT2D eigenvalue weighted by Gasteiger charge is -2.28. The number of hydrogen-bond donors (Lipinski definition) is 1. The molecule has 0 aliphatic heterocycles. The number of nitrogens with two attached hydrogens (primary N) is 1. The van der Waals surface area contributed by atoms with Gasteiger partial charge in [0.25, 0.3) is 0 Å². The maximum absolute atomic E-state index is 6.89. The van der Waals surface area contributed by atoms with Gasteiger partial charge >= 0.3 is 0 Å². The molecule has 1 heterocycles. The van der Waals surface area contributed by atoms with E-state index in [4.69, 9.17) is 17.3 Å². The van der Waals surface area contributed by atoms with Gasteiger partial charge in [-0.15, -0.1) is 11.3 Å². The van der Waals surface area contributed by atoms with Gasteiger partial charge in [0.05, 0.1) is 12.1 Å². The van der Waals surface area contributed by atoms with Crippen LogP contribution in [0.15, 0.2) is 60.0 Å². The number of rotatable bonds is 4. The molecule has 1 aliphatic carbocycles. The molecule has 1 aromatic heterocycles. The second-order valence-electron chi connectivity index (χ2n) is 6.76. The average Bonchev–Trinajstić information content (AvgIpc) is 3.23. The number of hydrogen-bond acceptors (Lipinski definition) is 3. The Morgan fingerprint density at radius 2 is 2.04 bits per heavy atom. The van der Waals surface area contributed by atoms with Gasteiger partial charge in [0, 0.05) is 22.6 Å². The summed E-state index contributed by atoms with van der Waals surface area (Å²) in [6.07, 6.45) is 1.92. The summed E-state index contributed by atoms with van der Waals surface area (Å²) in [4.78, 5) is 3.64. The van der Waals surface area contributed by atoms with Crippen molar-refractivity contribution in [2.24, 2.45) is 5.73 Å². The van der Waals surface area contributed by atoms with Crippen molar-refractivity contribution in [3.63, 3.8) is 0 Å². The van der Waals surface area contributed by atoms with E-state index in [1.165, 1.54) is 21.7 Å². The maximum atomic E-state index is 6.89. The highest BCUT2D eigenvalue weighted by molar-refractivity contribution is 7.09. The summed E-state index contributed by atoms with van der Waals surface area (Å²) < 4.78 is 0. The number of benzene rings is 2. The molecule has 0 spiro atoms. The normalized spacial score (nSPS) is 19.0. The molecule has 0 saturated carbocycles. The molecular weight excluding hydrogens is 348 g/mol. The van der Waals surface area contributed by atoms with Crippen molar-refractivity contribution >= 4 is 28.6 Å². The van der Waals surface area contributed by atoms with Gasteiger partial charge in [-0.1, -0.05) is 35.9 Å². The van der Waals surface area contributed by atoms with Crippen molar-refractivity contribution in [1.82, 2.24) is 0 Å². The number of halogens is 1. The number of fused-ring (bicyclic) bond motifs is 1. The fourth-order valence-electron chi connectivity index (χ4n) is 3.70. The van der Waals surface area contributed by atoms with Gasteiger partial charge in [-0.2, -0.15) is 0 Å². The standard InChI is InChI=1S/C21H21ClN2S/c1-24(14-19-6-3-11-25-19)18-8-7-15-9-10-21(23,20(15)13-18)16-4-2-5-17(22)12-16/h2-8,11-13H,9-10,14,23H2,1H3. The van der Waals surface area contributed by atoms with Gasteiger partial charge in [0.1, 0.15) is 0 Å². The molecule has 1 atom stereocenters. The van der Waals surface area contributed by atoms with Crippen LogP contribution >= 0.6 is 22.9 Å². The summed E-state index contributed by atoms with van der Waals surface area (Å²) in [5.41, 5.74) is 11.3. The van der Waals surface area contributed by atoms with Crippen LogP contribution in [0, 0.1) is 0 Å². The first-order valence-corrected chi connectivity index (χ1v) is 9.74. The van der Waals surface area contributed by atoms with Gasteiger partial charge in [-0.05, 0) is 65.2 Å². The van der Waals surface area contributed by atoms with Crippen molar-refractivity contribution in [3.05, 3.63) is 86.6 Å². The quantitative estimate of drug-likeness (QED) is 0.686. The maximum Gasteiger partial charge on any atom is 0.0672 e. The molecule has 0 amide bonds. The molecule has 25 heavy (non-hydrogen) atoms. The second-order valence-corrected chi connectivity index (χ2v) is 8.23. The number of anilines is 1. The Morgan fingerprint density at radius 1 is 1.16 bits per heavy atom. The van der Waals surface area contributed by atoms with Crippen LogP contribution in [0.5, 0.6) is 0 Å². The summed E-state index contributed by atoms with van der Waals surface area (Å²) in [6.45, 7) is 0.908. The average molecular weight is 369 g/mol. The molecule has 2 aromatic carbocycles. The second kappa shape index (κ2) is 6.49. The van der Waals surface area contributed by atoms with E-state index >= 15 is 0 Å². The zero-order valence-electron chi connectivity index (χ0n) is 14.2. The lowest BCUT2D eigenvalue weighted by atomic mass is 9.85. The molecule has 2 nitrogen and oxygen atoms in total. The molecule has 1 unspecified atom stereocenters. The Hall–Kier alpha value is -1.81. The highest BCUT2D eigenvalue weighted by Crippen LogP contribution is 2.42. The summed E-state index contributed by atoms with van der Waals surface area (Å²) >= 11 is 8.00. The van der Waals surface area contributed by atoms with E-state index in [0.29, 0.717) is 0 Å². The third-order valence-corrected chi connectivity index (χ3v) is 6.21. The zero-order chi connectivity index (χ0) is 17.4. The van der Waals surface area contributed by atoms with Crippen molar-refractivity contribution in [3.8, 4) is 0 Å². The molecule has 128 valence electrons. The first-order valence-electron chi connectivity index (χ1n) is 8.48. The van der Waals surface area contributed by atoms with Gasteiger partial charge in [-0.25, -0.2) is 0 Å².